The first-order valence-electron chi connectivity index (χ1n) is 8.21. The predicted octanol–water partition coefficient (Wildman–Crippen LogP) is 5.83. The minimum atomic E-state index is -2.74. The third kappa shape index (κ3) is 5.64. The maximum atomic E-state index is 12.1. The van der Waals surface area contributed by atoms with Gasteiger partial charge in [0.25, 0.3) is 0 Å². The molecule has 0 saturated heterocycles. The molecular formula is C18H26F2O. The van der Waals surface area contributed by atoms with Crippen LogP contribution in [0.15, 0.2) is 24.3 Å². The quantitative estimate of drug-likeness (QED) is 0.615. The fourth-order valence-corrected chi connectivity index (χ4v) is 3.43. The molecule has 1 aromatic carbocycles. The van der Waals surface area contributed by atoms with E-state index in [1.807, 2.05) is 12.1 Å². The molecule has 1 aromatic rings. The standard InChI is InChI=1S/C18H26F2O/c1-2-3-14-4-6-15(7-5-14)8-9-16-10-12-17(13-11-16)21-18(19)20/h10-15,18H,2-9H2,1H3. The number of halogens is 2. The molecule has 0 heterocycles. The van der Waals surface area contributed by atoms with Crippen molar-refractivity contribution in [2.75, 3.05) is 0 Å². The molecule has 0 amide bonds. The molecule has 21 heavy (non-hydrogen) atoms. The highest BCUT2D eigenvalue weighted by Crippen LogP contribution is 2.33. The largest absolute Gasteiger partial charge is 0.435 e. The lowest BCUT2D eigenvalue weighted by atomic mass is 9.78. The summed E-state index contributed by atoms with van der Waals surface area (Å²) in [4.78, 5) is 0. The van der Waals surface area contributed by atoms with Gasteiger partial charge >= 0.3 is 6.61 Å². The Kier molecular flexibility index (Phi) is 6.47. The van der Waals surface area contributed by atoms with Crippen LogP contribution in [0.4, 0.5) is 8.78 Å². The minimum absolute atomic E-state index is 0.244. The van der Waals surface area contributed by atoms with Gasteiger partial charge in [-0.3, -0.25) is 0 Å². The fraction of sp³-hybridized carbons (Fsp3) is 0.667. The Bertz CT molecular complexity index is 394. The summed E-state index contributed by atoms with van der Waals surface area (Å²) in [5.74, 6) is 2.04. The van der Waals surface area contributed by atoms with Crippen molar-refractivity contribution >= 4 is 0 Å². The molecule has 0 unspecified atom stereocenters. The number of rotatable bonds is 7. The number of alkyl halides is 2. The van der Waals surface area contributed by atoms with E-state index >= 15 is 0 Å². The Labute approximate surface area is 126 Å². The molecule has 1 nitrogen and oxygen atoms in total. The molecule has 0 spiro atoms. The molecule has 1 aliphatic rings. The van der Waals surface area contributed by atoms with E-state index in [-0.39, 0.29) is 5.75 Å². The SMILES string of the molecule is CCCC1CCC(CCc2ccc(OC(F)F)cc2)CC1. The van der Waals surface area contributed by atoms with Gasteiger partial charge in [0.05, 0.1) is 0 Å². The van der Waals surface area contributed by atoms with Crippen molar-refractivity contribution in [2.45, 2.75) is 64.9 Å². The Morgan fingerprint density at radius 3 is 2.10 bits per heavy atom. The second-order valence-corrected chi connectivity index (χ2v) is 6.24. The summed E-state index contributed by atoms with van der Waals surface area (Å²) < 4.78 is 28.5. The summed E-state index contributed by atoms with van der Waals surface area (Å²) >= 11 is 0. The van der Waals surface area contributed by atoms with Crippen molar-refractivity contribution in [1.29, 1.82) is 0 Å². The van der Waals surface area contributed by atoms with Gasteiger partial charge in [0.1, 0.15) is 5.75 Å². The van der Waals surface area contributed by atoms with Gasteiger partial charge in [-0.25, -0.2) is 0 Å². The van der Waals surface area contributed by atoms with Crippen molar-refractivity contribution in [1.82, 2.24) is 0 Å². The third-order valence-electron chi connectivity index (χ3n) is 4.65. The van der Waals surface area contributed by atoms with Gasteiger partial charge in [-0.15, -0.1) is 0 Å². The molecule has 3 heteroatoms. The van der Waals surface area contributed by atoms with Gasteiger partial charge in [0, 0.05) is 0 Å². The van der Waals surface area contributed by atoms with E-state index in [4.69, 9.17) is 0 Å². The number of hydrogen-bond acceptors (Lipinski definition) is 1. The average molecular weight is 296 g/mol. The zero-order valence-electron chi connectivity index (χ0n) is 12.9. The van der Waals surface area contributed by atoms with E-state index in [0.717, 1.165) is 18.3 Å². The highest BCUT2D eigenvalue weighted by Gasteiger charge is 2.20. The lowest BCUT2D eigenvalue weighted by molar-refractivity contribution is -0.0498. The van der Waals surface area contributed by atoms with Crippen LogP contribution < -0.4 is 4.74 Å². The van der Waals surface area contributed by atoms with Crippen LogP contribution in [0.2, 0.25) is 0 Å². The summed E-state index contributed by atoms with van der Waals surface area (Å²) in [6, 6.07) is 7.08. The highest BCUT2D eigenvalue weighted by atomic mass is 19.3. The molecule has 1 saturated carbocycles. The van der Waals surface area contributed by atoms with Crippen LogP contribution in [-0.4, -0.2) is 6.61 Å². The Hall–Kier alpha value is -1.12. The molecule has 118 valence electrons. The summed E-state index contributed by atoms with van der Waals surface area (Å²) in [7, 11) is 0. The van der Waals surface area contributed by atoms with Gasteiger partial charge < -0.3 is 4.74 Å². The van der Waals surface area contributed by atoms with Crippen LogP contribution in [0, 0.1) is 11.8 Å². The molecule has 1 fully saturated rings. The smallest absolute Gasteiger partial charge is 0.387 e. The molecule has 0 atom stereocenters. The number of aryl methyl sites for hydroxylation is 1. The first-order chi connectivity index (χ1) is 10.2. The van der Waals surface area contributed by atoms with E-state index < -0.39 is 6.61 Å². The maximum Gasteiger partial charge on any atom is 0.387 e. The van der Waals surface area contributed by atoms with Gasteiger partial charge in [-0.2, -0.15) is 8.78 Å². The van der Waals surface area contributed by atoms with Crippen molar-refractivity contribution in [2.24, 2.45) is 11.8 Å². The van der Waals surface area contributed by atoms with Crippen LogP contribution in [0.5, 0.6) is 5.75 Å². The molecule has 0 radical (unpaired) electrons. The Morgan fingerprint density at radius 2 is 1.57 bits per heavy atom. The predicted molar refractivity (Wildman–Crippen MR) is 81.8 cm³/mol. The lowest BCUT2D eigenvalue weighted by Crippen LogP contribution is -2.15. The van der Waals surface area contributed by atoms with E-state index in [9.17, 15) is 8.78 Å². The van der Waals surface area contributed by atoms with Gasteiger partial charge in [-0.05, 0) is 42.4 Å². The van der Waals surface area contributed by atoms with Gasteiger partial charge in [0.15, 0.2) is 0 Å². The van der Waals surface area contributed by atoms with Gasteiger partial charge in [0.2, 0.25) is 0 Å². The third-order valence-corrected chi connectivity index (χ3v) is 4.65. The monoisotopic (exact) mass is 296 g/mol. The molecular weight excluding hydrogens is 270 g/mol. The van der Waals surface area contributed by atoms with Crippen molar-refractivity contribution in [3.05, 3.63) is 29.8 Å². The summed E-state index contributed by atoms with van der Waals surface area (Å²) in [6.45, 7) is -0.470. The van der Waals surface area contributed by atoms with Crippen molar-refractivity contribution in [3.63, 3.8) is 0 Å². The van der Waals surface area contributed by atoms with Crippen molar-refractivity contribution in [3.8, 4) is 5.75 Å². The summed E-state index contributed by atoms with van der Waals surface area (Å²) in [5, 5.41) is 0. The first-order valence-corrected chi connectivity index (χ1v) is 8.21. The van der Waals surface area contributed by atoms with Crippen LogP contribution in [0.1, 0.15) is 57.4 Å². The summed E-state index contributed by atoms with van der Waals surface area (Å²) in [5.41, 5.74) is 1.22. The average Bonchev–Trinajstić information content (AvgIpc) is 2.48. The molecule has 0 aromatic heterocycles. The van der Waals surface area contributed by atoms with Crippen LogP contribution in [0.3, 0.4) is 0 Å². The zero-order valence-corrected chi connectivity index (χ0v) is 12.9. The normalized spacial score (nSPS) is 22.5. The number of ether oxygens (including phenoxy) is 1. The Morgan fingerprint density at radius 1 is 1.00 bits per heavy atom. The molecule has 1 aliphatic carbocycles. The Balaban J connectivity index is 1.71. The second kappa shape index (κ2) is 8.35. The zero-order chi connectivity index (χ0) is 15.1. The van der Waals surface area contributed by atoms with Crippen LogP contribution >= 0.6 is 0 Å². The molecule has 2 rings (SSSR count). The van der Waals surface area contributed by atoms with E-state index in [1.54, 1.807) is 12.1 Å². The van der Waals surface area contributed by atoms with E-state index in [0.29, 0.717) is 0 Å². The molecule has 0 bridgehead atoms. The summed E-state index contributed by atoms with van der Waals surface area (Å²) in [6.07, 6.45) is 10.4. The fourth-order valence-electron chi connectivity index (χ4n) is 3.43. The van der Waals surface area contributed by atoms with Crippen LogP contribution in [0.25, 0.3) is 0 Å². The first kappa shape index (κ1) is 16.3. The van der Waals surface area contributed by atoms with E-state index in [2.05, 4.69) is 11.7 Å². The maximum absolute atomic E-state index is 12.1. The van der Waals surface area contributed by atoms with E-state index in [1.165, 1.54) is 50.5 Å². The van der Waals surface area contributed by atoms with Gasteiger partial charge in [-0.1, -0.05) is 57.6 Å². The highest BCUT2D eigenvalue weighted by molar-refractivity contribution is 5.27. The van der Waals surface area contributed by atoms with Crippen LogP contribution in [-0.2, 0) is 6.42 Å². The number of benzene rings is 1. The molecule has 0 aliphatic heterocycles. The minimum Gasteiger partial charge on any atom is -0.435 e. The van der Waals surface area contributed by atoms with Crippen molar-refractivity contribution < 1.29 is 13.5 Å². The lowest BCUT2D eigenvalue weighted by Gasteiger charge is -2.28. The molecule has 0 N–H and O–H groups in total. The number of hydrogen-bond donors (Lipinski definition) is 0. The topological polar surface area (TPSA) is 9.23 Å². The second-order valence-electron chi connectivity index (χ2n) is 6.24.